The molecule has 2 aromatic rings. The largest absolute Gasteiger partial charge is 0.320 e. The molecule has 1 atom stereocenters. The number of pyridine rings is 1. The molecule has 0 amide bonds. The second kappa shape index (κ2) is 4.02. The van der Waals surface area contributed by atoms with E-state index >= 15 is 0 Å². The van der Waals surface area contributed by atoms with Crippen molar-refractivity contribution in [2.45, 2.75) is 13.0 Å². The van der Waals surface area contributed by atoms with Gasteiger partial charge in [-0.3, -0.25) is 9.67 Å². The van der Waals surface area contributed by atoms with E-state index in [2.05, 4.69) is 10.1 Å². The second-order valence-corrected chi connectivity index (χ2v) is 3.72. The fourth-order valence-corrected chi connectivity index (χ4v) is 1.60. The first-order chi connectivity index (χ1) is 7.59. The monoisotopic (exact) mass is 220 g/mol. The molecule has 0 bridgehead atoms. The second-order valence-electron chi connectivity index (χ2n) is 3.72. The van der Waals surface area contributed by atoms with Crippen LogP contribution in [0.3, 0.4) is 0 Å². The third-order valence-electron chi connectivity index (χ3n) is 2.69. The standard InChI is InChI=1S/C11H13FN4/c1-7-10(6-15-16(7)2)11(13)8-3-9(12)5-14-4-8/h3-6,11H,13H2,1-2H3. The Labute approximate surface area is 92.9 Å². The molecule has 0 aliphatic heterocycles. The van der Waals surface area contributed by atoms with Crippen LogP contribution in [-0.2, 0) is 7.05 Å². The molecular formula is C11H13FN4. The molecule has 2 heterocycles. The highest BCUT2D eigenvalue weighted by Gasteiger charge is 2.15. The first kappa shape index (κ1) is 10.8. The first-order valence-electron chi connectivity index (χ1n) is 4.94. The molecule has 2 rings (SSSR count). The minimum Gasteiger partial charge on any atom is -0.320 e. The number of nitrogens with two attached hydrogens (primary N) is 1. The summed E-state index contributed by atoms with van der Waals surface area (Å²) in [5, 5.41) is 4.11. The topological polar surface area (TPSA) is 56.7 Å². The maximum atomic E-state index is 13.0. The molecule has 0 aliphatic rings. The van der Waals surface area contributed by atoms with E-state index in [9.17, 15) is 4.39 Å². The maximum Gasteiger partial charge on any atom is 0.141 e. The van der Waals surface area contributed by atoms with Gasteiger partial charge in [-0.1, -0.05) is 0 Å². The van der Waals surface area contributed by atoms with Crippen LogP contribution in [0.25, 0.3) is 0 Å². The number of nitrogens with zero attached hydrogens (tertiary/aromatic N) is 3. The van der Waals surface area contributed by atoms with E-state index in [1.807, 2.05) is 14.0 Å². The fraction of sp³-hybridized carbons (Fsp3) is 0.273. The van der Waals surface area contributed by atoms with Crippen molar-refractivity contribution in [1.82, 2.24) is 14.8 Å². The van der Waals surface area contributed by atoms with E-state index in [1.165, 1.54) is 6.07 Å². The smallest absolute Gasteiger partial charge is 0.141 e. The predicted octanol–water partition coefficient (Wildman–Crippen LogP) is 1.31. The number of hydrogen-bond acceptors (Lipinski definition) is 3. The lowest BCUT2D eigenvalue weighted by atomic mass is 10.0. The lowest BCUT2D eigenvalue weighted by Crippen LogP contribution is -2.13. The van der Waals surface area contributed by atoms with Gasteiger partial charge in [0, 0.05) is 24.5 Å². The minimum absolute atomic E-state index is 0.380. The predicted molar refractivity (Wildman–Crippen MR) is 58.2 cm³/mol. The molecule has 84 valence electrons. The third-order valence-corrected chi connectivity index (χ3v) is 2.69. The molecule has 1 unspecified atom stereocenters. The number of aryl methyl sites for hydroxylation is 1. The van der Waals surface area contributed by atoms with Crippen molar-refractivity contribution < 1.29 is 4.39 Å². The molecule has 5 heteroatoms. The summed E-state index contributed by atoms with van der Waals surface area (Å²) in [6.45, 7) is 1.93. The molecule has 2 aromatic heterocycles. The van der Waals surface area contributed by atoms with Crippen LogP contribution >= 0.6 is 0 Å². The van der Waals surface area contributed by atoms with Crippen LogP contribution in [0, 0.1) is 12.7 Å². The van der Waals surface area contributed by atoms with Crippen molar-refractivity contribution in [3.05, 3.63) is 47.3 Å². The summed E-state index contributed by atoms with van der Waals surface area (Å²) in [5.74, 6) is -0.380. The lowest BCUT2D eigenvalue weighted by molar-refractivity contribution is 0.616. The molecule has 0 aromatic carbocycles. The van der Waals surface area contributed by atoms with Crippen LogP contribution in [0.4, 0.5) is 4.39 Å². The molecule has 2 N–H and O–H groups in total. The van der Waals surface area contributed by atoms with Crippen LogP contribution in [-0.4, -0.2) is 14.8 Å². The van der Waals surface area contributed by atoms with Crippen LogP contribution in [0.2, 0.25) is 0 Å². The van der Waals surface area contributed by atoms with Gasteiger partial charge in [0.2, 0.25) is 0 Å². The van der Waals surface area contributed by atoms with E-state index in [0.717, 1.165) is 17.5 Å². The molecule has 16 heavy (non-hydrogen) atoms. The van der Waals surface area contributed by atoms with Gasteiger partial charge >= 0.3 is 0 Å². The van der Waals surface area contributed by atoms with Crippen LogP contribution in [0.15, 0.2) is 24.7 Å². The molecule has 0 saturated carbocycles. The molecule has 0 saturated heterocycles. The molecule has 0 spiro atoms. The van der Waals surface area contributed by atoms with Crippen molar-refractivity contribution in [2.24, 2.45) is 12.8 Å². The number of halogens is 1. The van der Waals surface area contributed by atoms with Crippen molar-refractivity contribution in [1.29, 1.82) is 0 Å². The van der Waals surface area contributed by atoms with Gasteiger partial charge in [-0.2, -0.15) is 5.10 Å². The van der Waals surface area contributed by atoms with Gasteiger partial charge in [0.05, 0.1) is 18.4 Å². The number of rotatable bonds is 2. The van der Waals surface area contributed by atoms with Crippen LogP contribution < -0.4 is 5.73 Å². The van der Waals surface area contributed by atoms with E-state index < -0.39 is 6.04 Å². The van der Waals surface area contributed by atoms with Crippen LogP contribution in [0.5, 0.6) is 0 Å². The van der Waals surface area contributed by atoms with Crippen molar-refractivity contribution in [3.8, 4) is 0 Å². The Bertz CT molecular complexity index is 506. The zero-order valence-corrected chi connectivity index (χ0v) is 9.18. The maximum absolute atomic E-state index is 13.0. The summed E-state index contributed by atoms with van der Waals surface area (Å²) in [6, 6.07) is 1.00. The normalized spacial score (nSPS) is 12.8. The van der Waals surface area contributed by atoms with Gasteiger partial charge in [0.1, 0.15) is 5.82 Å². The van der Waals surface area contributed by atoms with Crippen molar-refractivity contribution >= 4 is 0 Å². The SMILES string of the molecule is Cc1c(C(N)c2cncc(F)c2)cnn1C. The van der Waals surface area contributed by atoms with Gasteiger partial charge in [-0.25, -0.2) is 4.39 Å². The van der Waals surface area contributed by atoms with E-state index in [-0.39, 0.29) is 5.82 Å². The number of aromatic nitrogens is 3. The van der Waals surface area contributed by atoms with E-state index in [4.69, 9.17) is 5.73 Å². The third kappa shape index (κ3) is 1.81. The van der Waals surface area contributed by atoms with Crippen molar-refractivity contribution in [3.63, 3.8) is 0 Å². The Balaban J connectivity index is 2.39. The molecule has 4 nitrogen and oxygen atoms in total. The Morgan fingerprint density at radius 1 is 1.38 bits per heavy atom. The van der Waals surface area contributed by atoms with E-state index in [0.29, 0.717) is 5.56 Å². The average molecular weight is 220 g/mol. The zero-order chi connectivity index (χ0) is 11.7. The quantitative estimate of drug-likeness (QED) is 0.830. The highest BCUT2D eigenvalue weighted by Crippen LogP contribution is 2.21. The fourth-order valence-electron chi connectivity index (χ4n) is 1.60. The van der Waals surface area contributed by atoms with Gasteiger partial charge in [0.15, 0.2) is 0 Å². The van der Waals surface area contributed by atoms with Gasteiger partial charge < -0.3 is 5.73 Å². The molecular weight excluding hydrogens is 207 g/mol. The summed E-state index contributed by atoms with van der Waals surface area (Å²) < 4.78 is 14.7. The van der Waals surface area contributed by atoms with Gasteiger partial charge in [-0.15, -0.1) is 0 Å². The minimum atomic E-state index is -0.392. The average Bonchev–Trinajstić information content (AvgIpc) is 2.59. The number of hydrogen-bond donors (Lipinski definition) is 1. The van der Waals surface area contributed by atoms with E-state index in [1.54, 1.807) is 17.1 Å². The Morgan fingerprint density at radius 2 is 2.12 bits per heavy atom. The molecule has 0 fully saturated rings. The zero-order valence-electron chi connectivity index (χ0n) is 9.18. The highest BCUT2D eigenvalue weighted by molar-refractivity contribution is 5.30. The van der Waals surface area contributed by atoms with Gasteiger partial charge in [0.25, 0.3) is 0 Å². The summed E-state index contributed by atoms with van der Waals surface area (Å²) in [6.07, 6.45) is 4.43. The molecule has 0 radical (unpaired) electrons. The first-order valence-corrected chi connectivity index (χ1v) is 4.94. The highest BCUT2D eigenvalue weighted by atomic mass is 19.1. The van der Waals surface area contributed by atoms with Gasteiger partial charge in [-0.05, 0) is 18.6 Å². The summed E-state index contributed by atoms with van der Waals surface area (Å²) in [4.78, 5) is 3.79. The van der Waals surface area contributed by atoms with Crippen LogP contribution in [0.1, 0.15) is 22.9 Å². The lowest BCUT2D eigenvalue weighted by Gasteiger charge is -2.11. The summed E-state index contributed by atoms with van der Waals surface area (Å²) >= 11 is 0. The summed E-state index contributed by atoms with van der Waals surface area (Å²) in [5.41, 5.74) is 8.54. The summed E-state index contributed by atoms with van der Waals surface area (Å²) in [7, 11) is 1.84. The Kier molecular flexibility index (Phi) is 2.70. The molecule has 0 aliphatic carbocycles. The Morgan fingerprint density at radius 3 is 2.69 bits per heavy atom. The van der Waals surface area contributed by atoms with Crippen molar-refractivity contribution in [2.75, 3.05) is 0 Å². The Hall–Kier alpha value is -1.75.